The van der Waals surface area contributed by atoms with Gasteiger partial charge in [-0.3, -0.25) is 14.2 Å². The summed E-state index contributed by atoms with van der Waals surface area (Å²) in [5.41, 5.74) is 3.20. The minimum Gasteiger partial charge on any atom is -0.268 e. The van der Waals surface area contributed by atoms with Crippen LogP contribution in [0.5, 0.6) is 0 Å². The smallest absolute Gasteiger partial charge is 0.268 e. The third kappa shape index (κ3) is 3.61. The van der Waals surface area contributed by atoms with Gasteiger partial charge in [-0.05, 0) is 55.3 Å². The molecular weight excluding hydrogens is 470 g/mol. The van der Waals surface area contributed by atoms with Crippen molar-refractivity contribution >= 4 is 38.6 Å². The zero-order valence-corrected chi connectivity index (χ0v) is 20.2. The maximum Gasteiger partial charge on any atom is 0.269 e. The number of carbonyl (C=O) groups excluding carboxylic acids is 1. The molecule has 4 aromatic rings. The van der Waals surface area contributed by atoms with Crippen molar-refractivity contribution in [3.8, 4) is 5.69 Å². The molecule has 34 heavy (non-hydrogen) atoms. The lowest BCUT2D eigenvalue weighted by atomic mass is 10.1. The molecule has 0 atom stereocenters. The lowest BCUT2D eigenvalue weighted by Gasteiger charge is -2.17. The van der Waals surface area contributed by atoms with Gasteiger partial charge in [-0.2, -0.15) is 0 Å². The van der Waals surface area contributed by atoms with Crippen LogP contribution >= 0.6 is 11.8 Å². The molecule has 172 valence electrons. The number of hydrogen-bond acceptors (Lipinski definition) is 6. The van der Waals surface area contributed by atoms with E-state index in [4.69, 9.17) is 4.98 Å². The van der Waals surface area contributed by atoms with E-state index >= 15 is 0 Å². The molecule has 0 unspecified atom stereocenters. The van der Waals surface area contributed by atoms with Gasteiger partial charge >= 0.3 is 0 Å². The monoisotopic (exact) mass is 491 g/mol. The maximum absolute atomic E-state index is 13.5. The molecule has 0 saturated carbocycles. The van der Waals surface area contributed by atoms with Crippen molar-refractivity contribution < 1.29 is 13.2 Å². The first-order chi connectivity index (χ1) is 16.3. The van der Waals surface area contributed by atoms with Crippen LogP contribution in [-0.2, 0) is 10.0 Å². The first kappa shape index (κ1) is 22.4. The number of thioether (sulfide) groups is 1. The third-order valence-electron chi connectivity index (χ3n) is 5.79. The SMILES string of the molecule is Cc1ccc(C)c(-n2c(SCCN3C(=O)c4ccccc4S3(=O)=O)nc3ccccc3c2=O)c1. The quantitative estimate of drug-likeness (QED) is 0.310. The number of para-hydroxylation sites is 1. The molecule has 5 rings (SSSR count). The number of sulfonamides is 1. The molecule has 1 amide bonds. The van der Waals surface area contributed by atoms with Crippen LogP contribution in [0.2, 0.25) is 0 Å². The van der Waals surface area contributed by atoms with Crippen molar-refractivity contribution in [2.75, 3.05) is 12.3 Å². The normalized spacial score (nSPS) is 14.5. The Hall–Kier alpha value is -3.43. The van der Waals surface area contributed by atoms with Gasteiger partial charge in [-0.1, -0.05) is 48.2 Å². The van der Waals surface area contributed by atoms with Gasteiger partial charge in [0.05, 0.1) is 22.2 Å². The van der Waals surface area contributed by atoms with Gasteiger partial charge in [0.2, 0.25) is 0 Å². The molecule has 0 saturated heterocycles. The Kier molecular flexibility index (Phi) is 5.53. The number of nitrogens with zero attached hydrogens (tertiary/aromatic N) is 3. The maximum atomic E-state index is 13.5. The van der Waals surface area contributed by atoms with E-state index in [0.29, 0.717) is 16.1 Å². The van der Waals surface area contributed by atoms with Crippen LogP contribution in [0.15, 0.2) is 81.6 Å². The van der Waals surface area contributed by atoms with E-state index in [1.165, 1.54) is 23.9 Å². The summed E-state index contributed by atoms with van der Waals surface area (Å²) in [6.07, 6.45) is 0. The summed E-state index contributed by atoms with van der Waals surface area (Å²) in [6, 6.07) is 19.2. The van der Waals surface area contributed by atoms with Crippen LogP contribution in [0.3, 0.4) is 0 Å². The Bertz CT molecular complexity index is 1630. The fourth-order valence-corrected chi connectivity index (χ4v) is 6.67. The molecule has 0 bridgehead atoms. The van der Waals surface area contributed by atoms with Gasteiger partial charge in [-0.15, -0.1) is 0 Å². The predicted molar refractivity (Wildman–Crippen MR) is 132 cm³/mol. The highest BCUT2D eigenvalue weighted by atomic mass is 32.2. The summed E-state index contributed by atoms with van der Waals surface area (Å²) < 4.78 is 28.2. The van der Waals surface area contributed by atoms with Gasteiger partial charge in [-0.25, -0.2) is 17.7 Å². The third-order valence-corrected chi connectivity index (χ3v) is 8.55. The summed E-state index contributed by atoms with van der Waals surface area (Å²) in [5, 5.41) is 0.944. The van der Waals surface area contributed by atoms with Crippen molar-refractivity contribution in [3.05, 3.63) is 93.8 Å². The van der Waals surface area contributed by atoms with E-state index in [2.05, 4.69) is 0 Å². The standard InChI is InChI=1S/C25H21N3O4S2/c1-16-11-12-17(2)21(15-16)28-24(30)18-7-3-5-9-20(18)26-25(28)33-14-13-27-23(29)19-8-4-6-10-22(19)34(27,31)32/h3-12,15H,13-14H2,1-2H3. The molecule has 0 N–H and O–H groups in total. The van der Waals surface area contributed by atoms with E-state index < -0.39 is 15.9 Å². The lowest BCUT2D eigenvalue weighted by Crippen LogP contribution is -2.32. The van der Waals surface area contributed by atoms with Crippen molar-refractivity contribution in [2.45, 2.75) is 23.9 Å². The molecule has 0 aliphatic carbocycles. The topological polar surface area (TPSA) is 89.3 Å². The van der Waals surface area contributed by atoms with Gasteiger partial charge in [0.15, 0.2) is 5.16 Å². The number of rotatable bonds is 5. The van der Waals surface area contributed by atoms with Crippen molar-refractivity contribution in [1.29, 1.82) is 0 Å². The van der Waals surface area contributed by atoms with Crippen molar-refractivity contribution in [3.63, 3.8) is 0 Å². The zero-order chi connectivity index (χ0) is 24.0. The molecule has 2 heterocycles. The van der Waals surface area contributed by atoms with Crippen LogP contribution < -0.4 is 5.56 Å². The molecule has 0 fully saturated rings. The molecule has 1 aliphatic heterocycles. The first-order valence-corrected chi connectivity index (χ1v) is 13.1. The summed E-state index contributed by atoms with van der Waals surface area (Å²) in [6.45, 7) is 3.85. The Morgan fingerprint density at radius 3 is 2.47 bits per heavy atom. The Morgan fingerprint density at radius 2 is 1.68 bits per heavy atom. The molecule has 9 heteroatoms. The summed E-state index contributed by atoms with van der Waals surface area (Å²) in [5.74, 6) is -0.288. The van der Waals surface area contributed by atoms with E-state index in [-0.39, 0.29) is 28.3 Å². The van der Waals surface area contributed by atoms with E-state index in [9.17, 15) is 18.0 Å². The van der Waals surface area contributed by atoms with Crippen LogP contribution in [0.25, 0.3) is 16.6 Å². The van der Waals surface area contributed by atoms with Crippen molar-refractivity contribution in [1.82, 2.24) is 13.9 Å². The van der Waals surface area contributed by atoms with Crippen LogP contribution in [0.1, 0.15) is 21.5 Å². The Balaban J connectivity index is 1.52. The highest BCUT2D eigenvalue weighted by molar-refractivity contribution is 7.99. The van der Waals surface area contributed by atoms with Gasteiger partial charge in [0, 0.05) is 12.3 Å². The molecule has 3 aromatic carbocycles. The summed E-state index contributed by atoms with van der Waals surface area (Å²) >= 11 is 1.25. The largest absolute Gasteiger partial charge is 0.269 e. The minimum absolute atomic E-state index is 0.0288. The molecule has 7 nitrogen and oxygen atoms in total. The highest BCUT2D eigenvalue weighted by Gasteiger charge is 2.40. The molecule has 0 spiro atoms. The Morgan fingerprint density at radius 1 is 0.941 bits per heavy atom. The average Bonchev–Trinajstić information content (AvgIpc) is 3.02. The molecule has 1 aliphatic rings. The van der Waals surface area contributed by atoms with E-state index in [1.807, 2.05) is 38.1 Å². The number of amides is 1. The highest BCUT2D eigenvalue weighted by Crippen LogP contribution is 2.31. The number of carbonyl (C=O) groups is 1. The Labute approximate surface area is 201 Å². The van der Waals surface area contributed by atoms with Gasteiger partial charge < -0.3 is 0 Å². The fraction of sp³-hybridized carbons (Fsp3) is 0.160. The predicted octanol–water partition coefficient (Wildman–Crippen LogP) is 3.94. The molecule has 0 radical (unpaired) electrons. The van der Waals surface area contributed by atoms with Crippen LogP contribution in [0, 0.1) is 13.8 Å². The zero-order valence-electron chi connectivity index (χ0n) is 18.6. The molecule has 1 aromatic heterocycles. The van der Waals surface area contributed by atoms with Gasteiger partial charge in [0.1, 0.15) is 4.90 Å². The second-order valence-corrected chi connectivity index (χ2v) is 11.0. The summed E-state index contributed by atoms with van der Waals surface area (Å²) in [4.78, 5) is 31.0. The van der Waals surface area contributed by atoms with Crippen LogP contribution in [-0.4, -0.2) is 40.5 Å². The fourth-order valence-electron chi connectivity index (χ4n) is 4.05. The minimum atomic E-state index is -3.89. The summed E-state index contributed by atoms with van der Waals surface area (Å²) in [7, 11) is -3.89. The second kappa shape index (κ2) is 8.41. The molecular formula is C25H21N3O4S2. The number of aryl methyl sites for hydroxylation is 2. The number of benzene rings is 3. The number of fused-ring (bicyclic) bond motifs is 2. The van der Waals surface area contributed by atoms with E-state index in [0.717, 1.165) is 21.1 Å². The lowest BCUT2D eigenvalue weighted by molar-refractivity contribution is 0.0876. The van der Waals surface area contributed by atoms with Crippen LogP contribution in [0.4, 0.5) is 0 Å². The second-order valence-electron chi connectivity index (χ2n) is 8.07. The number of hydrogen-bond donors (Lipinski definition) is 0. The van der Waals surface area contributed by atoms with Gasteiger partial charge in [0.25, 0.3) is 21.5 Å². The van der Waals surface area contributed by atoms with Crippen molar-refractivity contribution in [2.24, 2.45) is 0 Å². The first-order valence-electron chi connectivity index (χ1n) is 10.7. The van der Waals surface area contributed by atoms with E-state index in [1.54, 1.807) is 34.9 Å². The number of aromatic nitrogens is 2. The average molecular weight is 492 g/mol.